The first kappa shape index (κ1) is 31.2. The van der Waals surface area contributed by atoms with Crippen molar-refractivity contribution >= 4 is 63.5 Å². The van der Waals surface area contributed by atoms with E-state index in [9.17, 15) is 10.1 Å². The topological polar surface area (TPSA) is 80.6 Å². The SMILES string of the molecule is CCOc1cc(/C=C(\C#N)C(=O)Nc2ccc(OCc3ccc(C)cc3)cc2)cc(I)c1OCc1ccc(Cl)cc1Cl. The molecule has 1 amide bonds. The molecule has 0 aromatic heterocycles. The van der Waals surface area contributed by atoms with E-state index >= 15 is 0 Å². The van der Waals surface area contributed by atoms with E-state index in [4.69, 9.17) is 37.4 Å². The van der Waals surface area contributed by atoms with Crippen LogP contribution < -0.4 is 19.5 Å². The fraction of sp³-hybridized carbons (Fsp3) is 0.152. The van der Waals surface area contributed by atoms with Gasteiger partial charge in [0, 0.05) is 21.3 Å². The smallest absolute Gasteiger partial charge is 0.266 e. The van der Waals surface area contributed by atoms with Crippen molar-refractivity contribution in [1.82, 2.24) is 0 Å². The standard InChI is InChI=1S/C33H27Cl2IN2O4/c1-3-40-31-16-23(15-30(36)32(31)42-20-24-8-9-26(34)17-29(24)35)14-25(18-37)33(39)38-27-10-12-28(13-11-27)41-19-22-6-4-21(2)5-7-22/h4-17H,3,19-20H2,1-2H3,(H,38,39)/b25-14+. The second-order valence-electron chi connectivity index (χ2n) is 9.21. The lowest BCUT2D eigenvalue weighted by Gasteiger charge is -2.15. The first-order chi connectivity index (χ1) is 20.2. The van der Waals surface area contributed by atoms with Crippen LogP contribution in [-0.2, 0) is 18.0 Å². The van der Waals surface area contributed by atoms with Crippen molar-refractivity contribution in [2.24, 2.45) is 0 Å². The lowest BCUT2D eigenvalue weighted by molar-refractivity contribution is -0.112. The fourth-order valence-corrected chi connectivity index (χ4v) is 5.11. The average Bonchev–Trinajstić information content (AvgIpc) is 2.97. The van der Waals surface area contributed by atoms with E-state index in [1.165, 1.54) is 11.6 Å². The average molecular weight is 713 g/mol. The van der Waals surface area contributed by atoms with Crippen molar-refractivity contribution in [3.63, 3.8) is 0 Å². The summed E-state index contributed by atoms with van der Waals surface area (Å²) < 4.78 is 18.5. The van der Waals surface area contributed by atoms with Gasteiger partial charge in [0.15, 0.2) is 11.5 Å². The van der Waals surface area contributed by atoms with Crippen LogP contribution in [0.15, 0.2) is 84.4 Å². The zero-order valence-corrected chi connectivity index (χ0v) is 26.6. The third-order valence-corrected chi connectivity index (χ3v) is 7.42. The molecule has 0 radical (unpaired) electrons. The number of nitrogens with zero attached hydrogens (tertiary/aromatic N) is 1. The van der Waals surface area contributed by atoms with E-state index in [1.807, 2.05) is 50.2 Å². The van der Waals surface area contributed by atoms with E-state index in [0.29, 0.717) is 51.8 Å². The molecule has 6 nitrogen and oxygen atoms in total. The van der Waals surface area contributed by atoms with Gasteiger partial charge >= 0.3 is 0 Å². The molecule has 0 saturated heterocycles. The predicted octanol–water partition coefficient (Wildman–Crippen LogP) is 9.01. The Labute approximate surface area is 269 Å². The molecular weight excluding hydrogens is 686 g/mol. The summed E-state index contributed by atoms with van der Waals surface area (Å²) in [5.74, 6) is 1.16. The molecule has 0 fully saturated rings. The van der Waals surface area contributed by atoms with Gasteiger partial charge in [0.05, 0.1) is 10.2 Å². The Morgan fingerprint density at radius 1 is 0.952 bits per heavy atom. The third kappa shape index (κ3) is 8.65. The Morgan fingerprint density at radius 3 is 2.36 bits per heavy atom. The van der Waals surface area contributed by atoms with Crippen LogP contribution in [0.25, 0.3) is 6.08 Å². The fourth-order valence-electron chi connectivity index (χ4n) is 3.86. The molecule has 0 aliphatic heterocycles. The van der Waals surface area contributed by atoms with E-state index < -0.39 is 5.91 Å². The zero-order valence-electron chi connectivity index (χ0n) is 22.9. The second-order valence-corrected chi connectivity index (χ2v) is 11.2. The van der Waals surface area contributed by atoms with Crippen molar-refractivity contribution in [3.8, 4) is 23.3 Å². The van der Waals surface area contributed by atoms with E-state index in [-0.39, 0.29) is 12.2 Å². The molecule has 42 heavy (non-hydrogen) atoms. The molecule has 0 aliphatic carbocycles. The van der Waals surface area contributed by atoms with Crippen molar-refractivity contribution < 1.29 is 19.0 Å². The number of halogens is 3. The molecule has 4 rings (SSSR count). The minimum Gasteiger partial charge on any atom is -0.490 e. The number of amides is 1. The summed E-state index contributed by atoms with van der Waals surface area (Å²) in [5.41, 5.74) is 4.13. The van der Waals surface area contributed by atoms with Gasteiger partial charge in [0.1, 0.15) is 30.6 Å². The van der Waals surface area contributed by atoms with Gasteiger partial charge in [-0.1, -0.05) is 59.1 Å². The first-order valence-electron chi connectivity index (χ1n) is 13.0. The molecule has 0 unspecified atom stereocenters. The number of aryl methyl sites for hydroxylation is 1. The molecule has 0 aliphatic rings. The number of carbonyl (C=O) groups excluding carboxylic acids is 1. The number of hydrogen-bond acceptors (Lipinski definition) is 5. The Hall–Kier alpha value is -3.71. The highest BCUT2D eigenvalue weighted by molar-refractivity contribution is 14.1. The van der Waals surface area contributed by atoms with Gasteiger partial charge in [-0.3, -0.25) is 4.79 Å². The van der Waals surface area contributed by atoms with Crippen LogP contribution in [-0.4, -0.2) is 12.5 Å². The van der Waals surface area contributed by atoms with Crippen molar-refractivity contribution in [2.75, 3.05) is 11.9 Å². The van der Waals surface area contributed by atoms with Crippen molar-refractivity contribution in [3.05, 3.63) is 120 Å². The molecule has 214 valence electrons. The minimum atomic E-state index is -0.531. The Kier molecular flexibility index (Phi) is 11.1. The summed E-state index contributed by atoms with van der Waals surface area (Å²) in [7, 11) is 0. The molecular formula is C33H27Cl2IN2O4. The summed E-state index contributed by atoms with van der Waals surface area (Å²) in [4.78, 5) is 12.9. The number of ether oxygens (including phenoxy) is 3. The van der Waals surface area contributed by atoms with Crippen LogP contribution in [0.5, 0.6) is 17.2 Å². The van der Waals surface area contributed by atoms with Gasteiger partial charge < -0.3 is 19.5 Å². The van der Waals surface area contributed by atoms with Crippen LogP contribution in [0.1, 0.15) is 29.2 Å². The highest BCUT2D eigenvalue weighted by Crippen LogP contribution is 2.36. The van der Waals surface area contributed by atoms with E-state index in [0.717, 1.165) is 14.7 Å². The van der Waals surface area contributed by atoms with Crippen molar-refractivity contribution in [2.45, 2.75) is 27.1 Å². The van der Waals surface area contributed by atoms with Crippen molar-refractivity contribution in [1.29, 1.82) is 5.26 Å². The predicted molar refractivity (Wildman–Crippen MR) is 175 cm³/mol. The minimum absolute atomic E-state index is 0.0606. The molecule has 4 aromatic carbocycles. The molecule has 0 spiro atoms. The van der Waals surface area contributed by atoms with Gasteiger partial charge in [-0.2, -0.15) is 5.26 Å². The van der Waals surface area contributed by atoms with Gasteiger partial charge in [-0.15, -0.1) is 0 Å². The highest BCUT2D eigenvalue weighted by atomic mass is 127. The lowest BCUT2D eigenvalue weighted by Crippen LogP contribution is -2.13. The summed E-state index contributed by atoms with van der Waals surface area (Å²) >= 11 is 14.4. The Morgan fingerprint density at radius 2 is 1.69 bits per heavy atom. The van der Waals surface area contributed by atoms with Crippen LogP contribution in [0.4, 0.5) is 5.69 Å². The number of rotatable bonds is 11. The number of anilines is 1. The second kappa shape index (κ2) is 15.0. The number of nitrogens with one attached hydrogen (secondary N) is 1. The lowest BCUT2D eigenvalue weighted by atomic mass is 10.1. The third-order valence-electron chi connectivity index (χ3n) is 6.03. The Balaban J connectivity index is 1.44. The maximum absolute atomic E-state index is 12.9. The first-order valence-corrected chi connectivity index (χ1v) is 14.8. The van der Waals surface area contributed by atoms with E-state index in [2.05, 4.69) is 27.9 Å². The van der Waals surface area contributed by atoms with E-state index in [1.54, 1.807) is 48.5 Å². The maximum Gasteiger partial charge on any atom is 0.266 e. The molecule has 0 saturated carbocycles. The summed E-state index contributed by atoms with van der Waals surface area (Å²) in [5, 5.41) is 13.6. The summed E-state index contributed by atoms with van der Waals surface area (Å²) in [6.07, 6.45) is 1.51. The Bertz CT molecular complexity index is 1630. The van der Waals surface area contributed by atoms with Crippen LogP contribution >= 0.6 is 45.8 Å². The molecule has 0 bridgehead atoms. The van der Waals surface area contributed by atoms with Gasteiger partial charge in [-0.25, -0.2) is 0 Å². The summed E-state index contributed by atoms with van der Waals surface area (Å²) in [6, 6.07) is 25.9. The van der Waals surface area contributed by atoms with Crippen LogP contribution in [0.2, 0.25) is 10.0 Å². The molecule has 1 N–H and O–H groups in total. The monoisotopic (exact) mass is 712 g/mol. The zero-order chi connectivity index (χ0) is 30.1. The number of hydrogen-bond donors (Lipinski definition) is 1. The molecule has 4 aromatic rings. The maximum atomic E-state index is 12.9. The quantitative estimate of drug-likeness (QED) is 0.0954. The highest BCUT2D eigenvalue weighted by Gasteiger charge is 2.15. The normalized spacial score (nSPS) is 11.0. The summed E-state index contributed by atoms with van der Waals surface area (Å²) in [6.45, 7) is 4.95. The molecule has 9 heteroatoms. The largest absolute Gasteiger partial charge is 0.490 e. The van der Waals surface area contributed by atoms with Crippen LogP contribution in [0, 0.1) is 21.8 Å². The number of benzene rings is 4. The molecule has 0 heterocycles. The number of carbonyl (C=O) groups is 1. The van der Waals surface area contributed by atoms with Gasteiger partial charge in [0.2, 0.25) is 0 Å². The molecule has 0 atom stereocenters. The van der Waals surface area contributed by atoms with Gasteiger partial charge in [0.25, 0.3) is 5.91 Å². The van der Waals surface area contributed by atoms with Crippen LogP contribution in [0.3, 0.4) is 0 Å². The van der Waals surface area contributed by atoms with Gasteiger partial charge in [-0.05, 0) is 102 Å². The number of nitriles is 1.